The van der Waals surface area contributed by atoms with Crippen LogP contribution in [0.25, 0.3) is 0 Å². The second-order valence-corrected chi connectivity index (χ2v) is 5.76. The molecule has 5 nitrogen and oxygen atoms in total. The lowest BCUT2D eigenvalue weighted by atomic mass is 10.1. The van der Waals surface area contributed by atoms with Gasteiger partial charge >= 0.3 is 0 Å². The molecule has 1 aromatic carbocycles. The lowest BCUT2D eigenvalue weighted by molar-refractivity contribution is 0.102. The predicted molar refractivity (Wildman–Crippen MR) is 106 cm³/mol. The second kappa shape index (κ2) is 8.87. The van der Waals surface area contributed by atoms with Gasteiger partial charge in [-0.25, -0.2) is 0 Å². The molecule has 0 aliphatic rings. The summed E-state index contributed by atoms with van der Waals surface area (Å²) in [4.78, 5) is 18.9. The molecule has 0 radical (unpaired) electrons. The molecule has 2 N–H and O–H groups in total. The maximum atomic E-state index is 12.5. The fourth-order valence-electron chi connectivity index (χ4n) is 2.62. The number of aromatic nitrogens is 1. The number of carbonyl (C=O) groups is 1. The van der Waals surface area contributed by atoms with Crippen LogP contribution in [0.1, 0.15) is 29.8 Å². The normalized spacial score (nSPS) is 10.2. The van der Waals surface area contributed by atoms with Crippen LogP contribution in [0, 0.1) is 6.92 Å². The van der Waals surface area contributed by atoms with E-state index < -0.39 is 0 Å². The fraction of sp³-hybridized carbons (Fsp3) is 0.300. The molecule has 0 saturated heterocycles. The number of benzene rings is 1. The lowest BCUT2D eigenvalue weighted by Gasteiger charge is -2.22. The Balaban J connectivity index is 2.13. The van der Waals surface area contributed by atoms with E-state index in [4.69, 9.17) is 0 Å². The summed E-state index contributed by atoms with van der Waals surface area (Å²) in [6.07, 6.45) is 5.01. The van der Waals surface area contributed by atoms with E-state index >= 15 is 0 Å². The van der Waals surface area contributed by atoms with Crippen LogP contribution in [0.15, 0.2) is 49.3 Å². The van der Waals surface area contributed by atoms with Gasteiger partial charge in [0, 0.05) is 43.4 Å². The van der Waals surface area contributed by atoms with E-state index in [1.165, 1.54) is 0 Å². The molecule has 0 aliphatic heterocycles. The van der Waals surface area contributed by atoms with Crippen molar-refractivity contribution in [1.82, 2.24) is 4.98 Å². The van der Waals surface area contributed by atoms with Crippen molar-refractivity contribution in [3.8, 4) is 0 Å². The number of carbonyl (C=O) groups excluding carboxylic acids is 1. The standard InChI is InChI=1S/C20H26N4O/c1-5-10-22-17-12-16(13-21-14-17)20(25)23-19-9-8-18(11-15(19)4)24(6-2)7-3/h5,8-9,11-14,22H,1,6-7,10H2,2-4H3,(H,23,25). The first kappa shape index (κ1) is 18.5. The number of amides is 1. The Kier molecular flexibility index (Phi) is 6.57. The molecule has 0 bridgehead atoms. The Bertz CT molecular complexity index is 738. The van der Waals surface area contributed by atoms with E-state index in [0.717, 1.165) is 35.7 Å². The van der Waals surface area contributed by atoms with Gasteiger partial charge in [0.25, 0.3) is 5.91 Å². The highest BCUT2D eigenvalue weighted by molar-refractivity contribution is 6.05. The van der Waals surface area contributed by atoms with Crippen LogP contribution in [0.3, 0.4) is 0 Å². The van der Waals surface area contributed by atoms with Crippen LogP contribution >= 0.6 is 0 Å². The first-order valence-electron chi connectivity index (χ1n) is 8.55. The summed E-state index contributed by atoms with van der Waals surface area (Å²) in [6.45, 7) is 12.5. The molecule has 132 valence electrons. The molecule has 25 heavy (non-hydrogen) atoms. The van der Waals surface area contributed by atoms with Gasteiger partial charge < -0.3 is 15.5 Å². The molecule has 5 heteroatoms. The van der Waals surface area contributed by atoms with Gasteiger partial charge in [0.15, 0.2) is 0 Å². The summed E-state index contributed by atoms with van der Waals surface area (Å²) in [6, 6.07) is 7.87. The third kappa shape index (κ3) is 4.83. The number of aryl methyl sites for hydroxylation is 1. The number of hydrogen-bond donors (Lipinski definition) is 2. The van der Waals surface area contributed by atoms with Crippen molar-refractivity contribution >= 4 is 23.0 Å². The summed E-state index contributed by atoms with van der Waals surface area (Å²) in [7, 11) is 0. The molecule has 0 aliphatic carbocycles. The summed E-state index contributed by atoms with van der Waals surface area (Å²) >= 11 is 0. The van der Waals surface area contributed by atoms with Gasteiger partial charge in [-0.1, -0.05) is 6.08 Å². The van der Waals surface area contributed by atoms with Crippen molar-refractivity contribution in [3.05, 3.63) is 60.4 Å². The van der Waals surface area contributed by atoms with Gasteiger partial charge in [-0.2, -0.15) is 0 Å². The summed E-state index contributed by atoms with van der Waals surface area (Å²) < 4.78 is 0. The highest BCUT2D eigenvalue weighted by Crippen LogP contribution is 2.23. The Morgan fingerprint density at radius 2 is 2.00 bits per heavy atom. The van der Waals surface area contributed by atoms with Gasteiger partial charge in [-0.15, -0.1) is 6.58 Å². The first-order valence-corrected chi connectivity index (χ1v) is 8.55. The van der Waals surface area contributed by atoms with Crippen molar-refractivity contribution in [2.75, 3.05) is 35.2 Å². The van der Waals surface area contributed by atoms with Crippen molar-refractivity contribution < 1.29 is 4.79 Å². The van der Waals surface area contributed by atoms with E-state index in [-0.39, 0.29) is 5.91 Å². The monoisotopic (exact) mass is 338 g/mol. The molecule has 0 unspecified atom stereocenters. The summed E-state index contributed by atoms with van der Waals surface area (Å²) in [5, 5.41) is 6.10. The van der Waals surface area contributed by atoms with Crippen LogP contribution in [-0.2, 0) is 0 Å². The lowest BCUT2D eigenvalue weighted by Crippen LogP contribution is -2.22. The maximum absolute atomic E-state index is 12.5. The van der Waals surface area contributed by atoms with Crippen LogP contribution in [0.4, 0.5) is 17.1 Å². The topological polar surface area (TPSA) is 57.3 Å². The smallest absolute Gasteiger partial charge is 0.257 e. The first-order chi connectivity index (χ1) is 12.1. The molecule has 1 heterocycles. The van der Waals surface area contributed by atoms with E-state index in [1.54, 1.807) is 24.5 Å². The van der Waals surface area contributed by atoms with Crippen LogP contribution in [0.2, 0.25) is 0 Å². The largest absolute Gasteiger partial charge is 0.380 e. The van der Waals surface area contributed by atoms with Gasteiger partial charge in [0.05, 0.1) is 11.3 Å². The van der Waals surface area contributed by atoms with Crippen molar-refractivity contribution in [2.24, 2.45) is 0 Å². The Labute approximate surface area is 149 Å². The van der Waals surface area contributed by atoms with Gasteiger partial charge in [-0.05, 0) is 50.6 Å². The minimum Gasteiger partial charge on any atom is -0.380 e. The Morgan fingerprint density at radius 1 is 1.24 bits per heavy atom. The Hall–Kier alpha value is -2.82. The highest BCUT2D eigenvalue weighted by Gasteiger charge is 2.10. The molecule has 2 aromatic rings. The van der Waals surface area contributed by atoms with Gasteiger partial charge in [0.2, 0.25) is 0 Å². The van der Waals surface area contributed by atoms with Gasteiger partial charge in [0.1, 0.15) is 0 Å². The molecule has 0 fully saturated rings. The third-order valence-electron chi connectivity index (χ3n) is 4.04. The summed E-state index contributed by atoms with van der Waals surface area (Å²) in [5.41, 5.74) is 4.32. The predicted octanol–water partition coefficient (Wildman–Crippen LogP) is 4.09. The average molecular weight is 338 g/mol. The highest BCUT2D eigenvalue weighted by atomic mass is 16.1. The molecule has 2 rings (SSSR count). The number of nitrogens with zero attached hydrogens (tertiary/aromatic N) is 2. The van der Waals surface area contributed by atoms with E-state index in [9.17, 15) is 4.79 Å². The van der Waals surface area contributed by atoms with Crippen molar-refractivity contribution in [3.63, 3.8) is 0 Å². The zero-order chi connectivity index (χ0) is 18.2. The number of pyridine rings is 1. The van der Waals surface area contributed by atoms with E-state index in [2.05, 4.69) is 47.0 Å². The molecule has 1 amide bonds. The molecule has 0 atom stereocenters. The van der Waals surface area contributed by atoms with Crippen LogP contribution < -0.4 is 15.5 Å². The summed E-state index contributed by atoms with van der Waals surface area (Å²) in [5.74, 6) is -0.173. The molecule has 0 spiro atoms. The fourth-order valence-corrected chi connectivity index (χ4v) is 2.62. The van der Waals surface area contributed by atoms with E-state index in [1.807, 2.05) is 19.1 Å². The minimum atomic E-state index is -0.173. The van der Waals surface area contributed by atoms with Crippen LogP contribution in [-0.4, -0.2) is 30.5 Å². The Morgan fingerprint density at radius 3 is 2.64 bits per heavy atom. The number of anilines is 3. The number of nitrogens with one attached hydrogen (secondary N) is 2. The second-order valence-electron chi connectivity index (χ2n) is 5.76. The SMILES string of the molecule is C=CCNc1cncc(C(=O)Nc2ccc(N(CC)CC)cc2C)c1. The molecular formula is C20H26N4O. The van der Waals surface area contributed by atoms with Crippen molar-refractivity contribution in [2.45, 2.75) is 20.8 Å². The number of hydrogen-bond acceptors (Lipinski definition) is 4. The molecular weight excluding hydrogens is 312 g/mol. The zero-order valence-electron chi connectivity index (χ0n) is 15.2. The van der Waals surface area contributed by atoms with Crippen LogP contribution in [0.5, 0.6) is 0 Å². The molecule has 1 aromatic heterocycles. The van der Waals surface area contributed by atoms with Gasteiger partial charge in [-0.3, -0.25) is 9.78 Å². The number of rotatable bonds is 8. The zero-order valence-corrected chi connectivity index (χ0v) is 15.2. The molecule has 0 saturated carbocycles. The quantitative estimate of drug-likeness (QED) is 0.712. The third-order valence-corrected chi connectivity index (χ3v) is 4.04. The average Bonchev–Trinajstić information content (AvgIpc) is 2.63. The minimum absolute atomic E-state index is 0.173. The maximum Gasteiger partial charge on any atom is 0.257 e. The van der Waals surface area contributed by atoms with Crippen molar-refractivity contribution in [1.29, 1.82) is 0 Å². The van der Waals surface area contributed by atoms with E-state index in [0.29, 0.717) is 12.1 Å².